The van der Waals surface area contributed by atoms with E-state index in [4.69, 9.17) is 5.11 Å². The number of aliphatic hydroxyl groups is 1. The SMILES string of the molecule is Cc1ccc(OC(F)F)c(CNC(=O)NC2CC(O)C2)c1. The minimum Gasteiger partial charge on any atom is -0.434 e. The van der Waals surface area contributed by atoms with Gasteiger partial charge in [-0.1, -0.05) is 17.7 Å². The lowest BCUT2D eigenvalue weighted by Crippen LogP contribution is -2.50. The van der Waals surface area contributed by atoms with Crippen molar-refractivity contribution >= 4 is 6.03 Å². The molecule has 3 N–H and O–H groups in total. The highest BCUT2D eigenvalue weighted by molar-refractivity contribution is 5.74. The molecule has 1 saturated carbocycles. The van der Waals surface area contributed by atoms with Crippen LogP contribution in [0.4, 0.5) is 13.6 Å². The predicted molar refractivity (Wildman–Crippen MR) is 72.2 cm³/mol. The van der Waals surface area contributed by atoms with Gasteiger partial charge in [-0.3, -0.25) is 0 Å². The van der Waals surface area contributed by atoms with E-state index in [9.17, 15) is 13.6 Å². The maximum absolute atomic E-state index is 12.3. The second-order valence-corrected chi connectivity index (χ2v) is 5.14. The van der Waals surface area contributed by atoms with Crippen LogP contribution in [-0.4, -0.2) is 29.9 Å². The third-order valence-corrected chi connectivity index (χ3v) is 3.32. The Morgan fingerprint density at radius 2 is 2.19 bits per heavy atom. The van der Waals surface area contributed by atoms with E-state index >= 15 is 0 Å². The molecule has 1 aliphatic carbocycles. The summed E-state index contributed by atoms with van der Waals surface area (Å²) in [4.78, 5) is 11.7. The van der Waals surface area contributed by atoms with Crippen molar-refractivity contribution in [3.05, 3.63) is 29.3 Å². The molecule has 1 aliphatic rings. The summed E-state index contributed by atoms with van der Waals surface area (Å²) >= 11 is 0. The van der Waals surface area contributed by atoms with Gasteiger partial charge in [-0.25, -0.2) is 4.79 Å². The molecular weight excluding hydrogens is 282 g/mol. The molecule has 1 fully saturated rings. The van der Waals surface area contributed by atoms with Crippen LogP contribution >= 0.6 is 0 Å². The summed E-state index contributed by atoms with van der Waals surface area (Å²) in [7, 11) is 0. The normalized spacial score (nSPS) is 20.8. The zero-order valence-electron chi connectivity index (χ0n) is 11.6. The van der Waals surface area contributed by atoms with Gasteiger partial charge in [0.1, 0.15) is 5.75 Å². The fraction of sp³-hybridized carbons (Fsp3) is 0.500. The molecule has 0 saturated heterocycles. The quantitative estimate of drug-likeness (QED) is 0.778. The van der Waals surface area contributed by atoms with Gasteiger partial charge in [0.25, 0.3) is 0 Å². The number of ether oxygens (including phenoxy) is 1. The molecule has 7 heteroatoms. The number of aliphatic hydroxyl groups excluding tert-OH is 1. The van der Waals surface area contributed by atoms with E-state index in [1.165, 1.54) is 6.07 Å². The highest BCUT2D eigenvalue weighted by Crippen LogP contribution is 2.22. The Labute approximate surface area is 121 Å². The van der Waals surface area contributed by atoms with Gasteiger partial charge in [0, 0.05) is 18.2 Å². The summed E-state index contributed by atoms with van der Waals surface area (Å²) in [6.45, 7) is -0.993. The summed E-state index contributed by atoms with van der Waals surface area (Å²) < 4.78 is 29.1. The van der Waals surface area contributed by atoms with Gasteiger partial charge < -0.3 is 20.5 Å². The van der Waals surface area contributed by atoms with Gasteiger partial charge in [-0.05, 0) is 25.8 Å². The van der Waals surface area contributed by atoms with Crippen molar-refractivity contribution in [1.29, 1.82) is 0 Å². The minimum atomic E-state index is -2.91. The van der Waals surface area contributed by atoms with E-state index in [-0.39, 0.29) is 24.4 Å². The summed E-state index contributed by atoms with van der Waals surface area (Å²) in [5.41, 5.74) is 1.37. The number of carbonyl (C=O) groups is 1. The zero-order chi connectivity index (χ0) is 15.4. The third kappa shape index (κ3) is 4.56. The van der Waals surface area contributed by atoms with Crippen LogP contribution in [0.5, 0.6) is 5.75 Å². The zero-order valence-corrected chi connectivity index (χ0v) is 11.6. The lowest BCUT2D eigenvalue weighted by atomic mass is 9.90. The standard InChI is InChI=1S/C14H18F2N2O3/c1-8-2-3-12(21-13(15)16)9(4-8)7-17-14(20)18-10-5-11(19)6-10/h2-4,10-11,13,19H,5-7H2,1H3,(H2,17,18,20). The van der Waals surface area contributed by atoms with Crippen LogP contribution in [0.2, 0.25) is 0 Å². The number of urea groups is 1. The average molecular weight is 300 g/mol. The maximum Gasteiger partial charge on any atom is 0.387 e. The summed E-state index contributed by atoms with van der Waals surface area (Å²) in [5.74, 6) is 0.0509. The number of alkyl halides is 2. The molecule has 2 amide bonds. The van der Waals surface area contributed by atoms with E-state index in [1.54, 1.807) is 12.1 Å². The van der Waals surface area contributed by atoms with Crippen molar-refractivity contribution in [3.8, 4) is 5.75 Å². The first-order valence-corrected chi connectivity index (χ1v) is 6.71. The van der Waals surface area contributed by atoms with E-state index in [1.807, 2.05) is 6.92 Å². The van der Waals surface area contributed by atoms with Crippen LogP contribution in [-0.2, 0) is 6.54 Å². The first-order chi connectivity index (χ1) is 9.94. The van der Waals surface area contributed by atoms with E-state index in [0.29, 0.717) is 18.4 Å². The van der Waals surface area contributed by atoms with Crippen molar-refractivity contribution in [2.45, 2.75) is 45.1 Å². The monoisotopic (exact) mass is 300 g/mol. The lowest BCUT2D eigenvalue weighted by Gasteiger charge is -2.31. The fourth-order valence-corrected chi connectivity index (χ4v) is 2.17. The number of halogens is 2. The number of hydrogen-bond donors (Lipinski definition) is 3. The summed E-state index contributed by atoms with van der Waals surface area (Å²) in [6, 6.07) is 4.38. The molecule has 1 aromatic carbocycles. The summed E-state index contributed by atoms with van der Waals surface area (Å²) in [6.07, 6.45) is 0.730. The number of carbonyl (C=O) groups excluding carboxylic acids is 1. The minimum absolute atomic E-state index is 0.0331. The van der Waals surface area contributed by atoms with Crippen LogP contribution < -0.4 is 15.4 Å². The van der Waals surface area contributed by atoms with Gasteiger partial charge in [-0.2, -0.15) is 8.78 Å². The molecule has 0 bridgehead atoms. The molecule has 21 heavy (non-hydrogen) atoms. The van der Waals surface area contributed by atoms with Crippen LogP contribution in [0, 0.1) is 6.92 Å². The average Bonchev–Trinajstić information content (AvgIpc) is 2.37. The van der Waals surface area contributed by atoms with Crippen LogP contribution in [0.3, 0.4) is 0 Å². The van der Waals surface area contributed by atoms with E-state index in [0.717, 1.165) is 5.56 Å². The third-order valence-electron chi connectivity index (χ3n) is 3.32. The van der Waals surface area contributed by atoms with Crippen molar-refractivity contribution in [2.75, 3.05) is 0 Å². The lowest BCUT2D eigenvalue weighted by molar-refractivity contribution is -0.0504. The maximum atomic E-state index is 12.3. The highest BCUT2D eigenvalue weighted by Gasteiger charge is 2.28. The van der Waals surface area contributed by atoms with Gasteiger partial charge >= 0.3 is 12.6 Å². The van der Waals surface area contributed by atoms with Crippen molar-refractivity contribution in [3.63, 3.8) is 0 Å². The van der Waals surface area contributed by atoms with Gasteiger partial charge in [0.05, 0.1) is 6.10 Å². The number of rotatable bonds is 5. The topological polar surface area (TPSA) is 70.6 Å². The number of hydrogen-bond acceptors (Lipinski definition) is 3. The van der Waals surface area contributed by atoms with Gasteiger partial charge in [0.15, 0.2) is 0 Å². The second-order valence-electron chi connectivity index (χ2n) is 5.14. The molecule has 0 radical (unpaired) electrons. The van der Waals surface area contributed by atoms with E-state index in [2.05, 4.69) is 15.4 Å². The molecule has 0 atom stereocenters. The molecular formula is C14H18F2N2O3. The molecule has 5 nitrogen and oxygen atoms in total. The van der Waals surface area contributed by atoms with Crippen molar-refractivity contribution in [1.82, 2.24) is 10.6 Å². The Balaban J connectivity index is 1.89. The first-order valence-electron chi connectivity index (χ1n) is 6.71. The Bertz CT molecular complexity index is 505. The fourth-order valence-electron chi connectivity index (χ4n) is 2.17. The Morgan fingerprint density at radius 3 is 2.81 bits per heavy atom. The van der Waals surface area contributed by atoms with Crippen molar-refractivity contribution < 1.29 is 23.4 Å². The Hall–Kier alpha value is -1.89. The number of benzene rings is 1. The van der Waals surface area contributed by atoms with Crippen molar-refractivity contribution in [2.24, 2.45) is 0 Å². The van der Waals surface area contributed by atoms with Crippen LogP contribution in [0.25, 0.3) is 0 Å². The Kier molecular flexibility index (Phi) is 4.95. The number of amides is 2. The molecule has 116 valence electrons. The van der Waals surface area contributed by atoms with Gasteiger partial charge in [-0.15, -0.1) is 0 Å². The number of nitrogens with one attached hydrogen (secondary N) is 2. The smallest absolute Gasteiger partial charge is 0.387 e. The van der Waals surface area contributed by atoms with E-state index < -0.39 is 12.6 Å². The van der Waals surface area contributed by atoms with Crippen LogP contribution in [0.1, 0.15) is 24.0 Å². The molecule has 2 rings (SSSR count). The largest absolute Gasteiger partial charge is 0.434 e. The molecule has 0 spiro atoms. The summed E-state index contributed by atoms with van der Waals surface area (Å²) in [5, 5.41) is 14.4. The molecule has 0 unspecified atom stereocenters. The van der Waals surface area contributed by atoms with Crippen LogP contribution in [0.15, 0.2) is 18.2 Å². The molecule has 0 aliphatic heterocycles. The Morgan fingerprint density at radius 1 is 1.48 bits per heavy atom. The second kappa shape index (κ2) is 6.71. The van der Waals surface area contributed by atoms with Gasteiger partial charge in [0.2, 0.25) is 0 Å². The molecule has 0 aromatic heterocycles. The first kappa shape index (κ1) is 15.5. The predicted octanol–water partition coefficient (Wildman–Crippen LogP) is 1.92. The molecule has 0 heterocycles. The molecule has 1 aromatic rings. The highest BCUT2D eigenvalue weighted by atomic mass is 19.3. The number of aryl methyl sites for hydroxylation is 1.